The van der Waals surface area contributed by atoms with E-state index in [2.05, 4.69) is 5.32 Å². The Morgan fingerprint density at radius 2 is 1.74 bits per heavy atom. The number of Topliss-reactive ketones (excluding diaryl/α,β-unsaturated/α-hetero) is 1. The van der Waals surface area contributed by atoms with E-state index in [1.807, 2.05) is 0 Å². The standard InChI is InChI=1S/C25H26ClF2NO5/c1-14-11-16(6-9-19(14)26)24(31)29-10-2-3-22(30)23-20(27)12-18(13-21(23)28)34-17-7-4-15(5-8-17)25(32)33/h6,9,11-13,15,17H,2-5,7-8,10H2,1H3,(H,29,31)(H,32,33). The van der Waals surface area contributed by atoms with Crippen LogP contribution in [0.25, 0.3) is 0 Å². The first-order valence-electron chi connectivity index (χ1n) is 11.1. The van der Waals surface area contributed by atoms with Gasteiger partial charge in [-0.15, -0.1) is 0 Å². The van der Waals surface area contributed by atoms with Crippen LogP contribution >= 0.6 is 11.6 Å². The minimum atomic E-state index is -1.01. The van der Waals surface area contributed by atoms with Gasteiger partial charge in [-0.25, -0.2) is 8.78 Å². The molecular formula is C25H26ClF2NO5. The third kappa shape index (κ3) is 6.53. The summed E-state index contributed by atoms with van der Waals surface area (Å²) in [4.78, 5) is 35.6. The molecule has 34 heavy (non-hydrogen) atoms. The summed E-state index contributed by atoms with van der Waals surface area (Å²) in [6.07, 6.45) is 1.56. The molecule has 0 unspecified atom stereocenters. The monoisotopic (exact) mass is 493 g/mol. The second-order valence-corrected chi connectivity index (χ2v) is 8.85. The van der Waals surface area contributed by atoms with E-state index in [0.29, 0.717) is 36.3 Å². The van der Waals surface area contributed by atoms with E-state index in [4.69, 9.17) is 21.4 Å². The lowest BCUT2D eigenvalue weighted by Gasteiger charge is -2.26. The van der Waals surface area contributed by atoms with E-state index < -0.39 is 34.9 Å². The molecule has 3 rings (SSSR count). The Hall–Kier alpha value is -3.00. The molecule has 1 aliphatic rings. The van der Waals surface area contributed by atoms with Crippen molar-refractivity contribution in [2.45, 2.75) is 51.6 Å². The SMILES string of the molecule is Cc1cc(C(=O)NCCCC(=O)c2c(F)cc(OC3CCC(C(=O)O)CC3)cc2F)ccc1Cl. The van der Waals surface area contributed by atoms with Gasteiger partial charge in [-0.3, -0.25) is 14.4 Å². The number of amides is 1. The predicted molar refractivity (Wildman–Crippen MR) is 122 cm³/mol. The van der Waals surface area contributed by atoms with Gasteiger partial charge in [0.15, 0.2) is 5.78 Å². The molecule has 2 aromatic rings. The van der Waals surface area contributed by atoms with Gasteiger partial charge >= 0.3 is 5.97 Å². The number of halogens is 3. The van der Waals surface area contributed by atoms with Crippen molar-refractivity contribution in [3.8, 4) is 5.75 Å². The minimum Gasteiger partial charge on any atom is -0.490 e. The maximum atomic E-state index is 14.5. The van der Waals surface area contributed by atoms with E-state index in [1.165, 1.54) is 0 Å². The molecule has 0 saturated heterocycles. The van der Waals surface area contributed by atoms with Gasteiger partial charge in [-0.2, -0.15) is 0 Å². The number of benzene rings is 2. The molecule has 1 fully saturated rings. The number of carboxylic acid groups (broad SMARTS) is 1. The summed E-state index contributed by atoms with van der Waals surface area (Å²) in [5, 5.41) is 12.3. The summed E-state index contributed by atoms with van der Waals surface area (Å²) in [5.41, 5.74) is 0.551. The quantitative estimate of drug-likeness (QED) is 0.363. The smallest absolute Gasteiger partial charge is 0.306 e. The maximum absolute atomic E-state index is 14.5. The summed E-state index contributed by atoms with van der Waals surface area (Å²) < 4.78 is 34.6. The lowest BCUT2D eigenvalue weighted by atomic mass is 9.87. The van der Waals surface area contributed by atoms with Crippen molar-refractivity contribution in [1.29, 1.82) is 0 Å². The number of ether oxygens (including phenoxy) is 1. The molecule has 0 bridgehead atoms. The van der Waals surface area contributed by atoms with Crippen LogP contribution in [0.3, 0.4) is 0 Å². The highest BCUT2D eigenvalue weighted by Gasteiger charge is 2.27. The number of aryl methyl sites for hydroxylation is 1. The molecule has 182 valence electrons. The van der Waals surface area contributed by atoms with Gasteiger partial charge in [-0.1, -0.05) is 11.6 Å². The van der Waals surface area contributed by atoms with Crippen LogP contribution in [-0.4, -0.2) is 35.4 Å². The fourth-order valence-corrected chi connectivity index (χ4v) is 4.09. The number of carbonyl (C=O) groups excluding carboxylic acids is 2. The van der Waals surface area contributed by atoms with E-state index >= 15 is 0 Å². The first-order chi connectivity index (χ1) is 16.2. The molecule has 0 aromatic heterocycles. The molecule has 6 nitrogen and oxygen atoms in total. The van der Waals surface area contributed by atoms with Gasteiger partial charge < -0.3 is 15.2 Å². The molecule has 1 saturated carbocycles. The number of nitrogens with one attached hydrogen (secondary N) is 1. The van der Waals surface area contributed by atoms with Gasteiger partial charge in [0, 0.05) is 35.7 Å². The Kier molecular flexibility index (Phi) is 8.61. The van der Waals surface area contributed by atoms with E-state index in [0.717, 1.165) is 17.7 Å². The summed E-state index contributed by atoms with van der Waals surface area (Å²) in [5.74, 6) is -4.37. The van der Waals surface area contributed by atoms with E-state index in [9.17, 15) is 23.2 Å². The lowest BCUT2D eigenvalue weighted by Crippen LogP contribution is -2.28. The van der Waals surface area contributed by atoms with E-state index in [-0.39, 0.29) is 37.1 Å². The number of rotatable bonds is 9. The van der Waals surface area contributed by atoms with Gasteiger partial charge in [0.25, 0.3) is 5.91 Å². The molecule has 2 aromatic carbocycles. The Morgan fingerprint density at radius 3 is 2.32 bits per heavy atom. The topological polar surface area (TPSA) is 92.7 Å². The predicted octanol–water partition coefficient (Wildman–Crippen LogP) is 5.34. The molecule has 0 heterocycles. The first kappa shape index (κ1) is 25.6. The molecule has 9 heteroatoms. The number of ketones is 1. The summed E-state index contributed by atoms with van der Waals surface area (Å²) in [7, 11) is 0. The number of carbonyl (C=O) groups is 3. The molecule has 1 aliphatic carbocycles. The van der Waals surface area contributed by atoms with Crippen molar-refractivity contribution in [1.82, 2.24) is 5.32 Å². The number of hydrogen-bond acceptors (Lipinski definition) is 4. The van der Waals surface area contributed by atoms with Crippen molar-refractivity contribution in [2.75, 3.05) is 6.54 Å². The van der Waals surface area contributed by atoms with Gasteiger partial charge in [0.05, 0.1) is 17.6 Å². The largest absolute Gasteiger partial charge is 0.490 e. The number of aliphatic carboxylic acids is 1. The Morgan fingerprint density at radius 1 is 1.09 bits per heavy atom. The van der Waals surface area contributed by atoms with E-state index in [1.54, 1.807) is 25.1 Å². The number of carboxylic acids is 1. The molecule has 0 atom stereocenters. The lowest BCUT2D eigenvalue weighted by molar-refractivity contribution is -0.143. The minimum absolute atomic E-state index is 0.0316. The van der Waals surface area contributed by atoms with Gasteiger partial charge in [0.2, 0.25) is 0 Å². The molecule has 0 radical (unpaired) electrons. The summed E-state index contributed by atoms with van der Waals surface area (Å²) in [6.45, 7) is 1.94. The second-order valence-electron chi connectivity index (χ2n) is 8.44. The van der Waals surface area contributed by atoms with Crippen LogP contribution in [0.1, 0.15) is 64.8 Å². The maximum Gasteiger partial charge on any atom is 0.306 e. The van der Waals surface area contributed by atoms with Crippen LogP contribution in [0.15, 0.2) is 30.3 Å². The highest BCUT2D eigenvalue weighted by molar-refractivity contribution is 6.31. The van der Waals surface area contributed by atoms with Crippen molar-refractivity contribution in [3.05, 3.63) is 63.7 Å². The van der Waals surface area contributed by atoms with Crippen LogP contribution in [0.5, 0.6) is 5.75 Å². The highest BCUT2D eigenvalue weighted by Crippen LogP contribution is 2.29. The fraction of sp³-hybridized carbons (Fsp3) is 0.400. The summed E-state index contributed by atoms with van der Waals surface area (Å²) >= 11 is 5.95. The third-order valence-electron chi connectivity index (χ3n) is 5.91. The van der Waals surface area contributed by atoms with Crippen LogP contribution in [0.4, 0.5) is 8.78 Å². The van der Waals surface area contributed by atoms with Gasteiger partial charge in [-0.05, 0) is 62.8 Å². The summed E-state index contributed by atoms with van der Waals surface area (Å²) in [6, 6.07) is 6.81. The zero-order valence-electron chi connectivity index (χ0n) is 18.7. The highest BCUT2D eigenvalue weighted by atomic mass is 35.5. The van der Waals surface area contributed by atoms with Crippen molar-refractivity contribution < 1.29 is 33.0 Å². The first-order valence-corrected chi connectivity index (χ1v) is 11.5. The molecular weight excluding hydrogens is 468 g/mol. The Balaban J connectivity index is 1.50. The van der Waals surface area contributed by atoms with Crippen LogP contribution in [0.2, 0.25) is 5.02 Å². The average Bonchev–Trinajstić information content (AvgIpc) is 2.78. The molecule has 0 spiro atoms. The third-order valence-corrected chi connectivity index (χ3v) is 6.33. The molecule has 0 aliphatic heterocycles. The number of hydrogen-bond donors (Lipinski definition) is 2. The fourth-order valence-electron chi connectivity index (χ4n) is 3.97. The zero-order valence-corrected chi connectivity index (χ0v) is 19.5. The van der Waals surface area contributed by atoms with Crippen LogP contribution in [-0.2, 0) is 4.79 Å². The molecule has 2 N–H and O–H groups in total. The van der Waals surface area contributed by atoms with Crippen molar-refractivity contribution >= 4 is 29.3 Å². The zero-order chi connectivity index (χ0) is 24.8. The Labute approximate surface area is 201 Å². The van der Waals surface area contributed by atoms with Gasteiger partial charge in [0.1, 0.15) is 17.4 Å². The van der Waals surface area contributed by atoms with Crippen LogP contribution < -0.4 is 10.1 Å². The van der Waals surface area contributed by atoms with Crippen molar-refractivity contribution in [3.63, 3.8) is 0 Å². The molecule has 1 amide bonds. The van der Waals surface area contributed by atoms with Crippen LogP contribution in [0, 0.1) is 24.5 Å². The second kappa shape index (κ2) is 11.4. The Bertz CT molecular complexity index is 1060. The normalized spacial score (nSPS) is 17.8. The van der Waals surface area contributed by atoms with Crippen molar-refractivity contribution in [2.24, 2.45) is 5.92 Å². The average molecular weight is 494 g/mol.